The first-order valence-corrected chi connectivity index (χ1v) is 14.2. The average Bonchev–Trinajstić information content (AvgIpc) is 3.42. The van der Waals surface area contributed by atoms with E-state index < -0.39 is 0 Å². The van der Waals surface area contributed by atoms with E-state index in [4.69, 9.17) is 9.47 Å². The molecule has 0 spiro atoms. The molecule has 220 valence electrons. The second kappa shape index (κ2) is 12.5. The summed E-state index contributed by atoms with van der Waals surface area (Å²) >= 11 is 0. The van der Waals surface area contributed by atoms with Gasteiger partial charge in [0.15, 0.2) is 5.65 Å². The lowest BCUT2D eigenvalue weighted by atomic mass is 10.1. The number of hydrogen-bond donors (Lipinski definition) is 2. The Morgan fingerprint density at radius 2 is 1.72 bits per heavy atom. The number of nitrogens with zero attached hydrogens (tertiary/aromatic N) is 4. The minimum atomic E-state index is -0.324. The Kier molecular flexibility index (Phi) is 8.19. The number of benzene rings is 3. The molecule has 10 heteroatoms. The number of nitrogens with one attached hydrogen (secondary N) is 2. The third-order valence-corrected chi connectivity index (χ3v) is 7.50. The Bertz CT molecular complexity index is 1710. The summed E-state index contributed by atoms with van der Waals surface area (Å²) in [5.41, 5.74) is 4.77. The molecule has 1 aliphatic rings. The van der Waals surface area contributed by atoms with Crippen LogP contribution in [0.4, 0.5) is 21.7 Å². The normalized spacial score (nSPS) is 14.0. The van der Waals surface area contributed by atoms with E-state index in [2.05, 4.69) is 32.7 Å². The van der Waals surface area contributed by atoms with Gasteiger partial charge in [-0.3, -0.25) is 4.79 Å². The Hall–Kier alpha value is -4.96. The summed E-state index contributed by atoms with van der Waals surface area (Å²) in [6.45, 7) is 2.07. The molecule has 0 aliphatic carbocycles. The molecular weight excluding hydrogens is 547 g/mol. The predicted octanol–water partition coefficient (Wildman–Crippen LogP) is 5.94. The van der Waals surface area contributed by atoms with Crippen LogP contribution in [-0.2, 0) is 11.2 Å². The first-order valence-electron chi connectivity index (χ1n) is 14.2. The molecule has 0 unspecified atom stereocenters. The molecule has 1 amide bonds. The summed E-state index contributed by atoms with van der Waals surface area (Å²) in [6, 6.07) is 23.1. The van der Waals surface area contributed by atoms with Crippen LogP contribution in [0, 0.1) is 5.82 Å². The molecule has 1 fully saturated rings. The molecule has 2 N–H and O–H groups in total. The highest BCUT2D eigenvalue weighted by molar-refractivity contribution is 5.92. The monoisotopic (exact) mass is 580 g/mol. The molecule has 5 aromatic rings. The van der Waals surface area contributed by atoms with Crippen LogP contribution in [0.5, 0.6) is 11.5 Å². The number of likely N-dealkylation sites (tertiary alicyclic amines) is 1. The van der Waals surface area contributed by atoms with Crippen molar-refractivity contribution in [3.63, 3.8) is 0 Å². The second-order valence-electron chi connectivity index (χ2n) is 10.7. The van der Waals surface area contributed by atoms with E-state index in [1.165, 1.54) is 12.1 Å². The van der Waals surface area contributed by atoms with Crippen LogP contribution in [0.25, 0.3) is 16.8 Å². The third-order valence-electron chi connectivity index (χ3n) is 7.50. The smallest absolute Gasteiger partial charge is 0.247 e. The summed E-state index contributed by atoms with van der Waals surface area (Å²) in [5, 5.41) is 10.8. The predicted molar refractivity (Wildman–Crippen MR) is 165 cm³/mol. The molecule has 0 bridgehead atoms. The number of carbonyl (C=O) groups is 1. The van der Waals surface area contributed by atoms with Gasteiger partial charge in [0.2, 0.25) is 11.9 Å². The Balaban J connectivity index is 1.10. The maximum atomic E-state index is 13.1. The highest BCUT2D eigenvalue weighted by Gasteiger charge is 2.19. The lowest BCUT2D eigenvalue weighted by molar-refractivity contribution is -0.115. The lowest BCUT2D eigenvalue weighted by Gasteiger charge is -2.29. The van der Waals surface area contributed by atoms with Crippen molar-refractivity contribution in [3.8, 4) is 22.6 Å². The summed E-state index contributed by atoms with van der Waals surface area (Å²) in [7, 11) is 3.76. The van der Waals surface area contributed by atoms with Crippen LogP contribution in [0.2, 0.25) is 0 Å². The van der Waals surface area contributed by atoms with E-state index in [9.17, 15) is 9.18 Å². The molecule has 0 atom stereocenters. The van der Waals surface area contributed by atoms with Gasteiger partial charge in [-0.1, -0.05) is 24.3 Å². The number of carbonyl (C=O) groups excluding carboxylic acids is 1. The Labute approximate surface area is 249 Å². The number of rotatable bonds is 9. The van der Waals surface area contributed by atoms with Gasteiger partial charge in [0.05, 0.1) is 19.2 Å². The Morgan fingerprint density at radius 1 is 0.977 bits per heavy atom. The quantitative estimate of drug-likeness (QED) is 0.223. The standard InChI is InChI=1S/C33H33FN6O3/c1-39-17-15-27(16-18-39)43-28-12-13-29(30(20-28)42-2)36-33-37-31-14-7-24(21-40(31)38-33)23-5-10-26(11-6-23)35-32(41)19-22-3-8-25(34)9-4-22/h3-14,20-21,27H,15-19H2,1-2H3,(H,35,41)(H,36,38). The van der Waals surface area contributed by atoms with Crippen molar-refractivity contribution in [1.29, 1.82) is 0 Å². The van der Waals surface area contributed by atoms with Crippen LogP contribution in [0.3, 0.4) is 0 Å². The van der Waals surface area contributed by atoms with Crippen molar-refractivity contribution >= 4 is 28.9 Å². The molecule has 6 rings (SSSR count). The maximum Gasteiger partial charge on any atom is 0.247 e. The second-order valence-corrected chi connectivity index (χ2v) is 10.7. The van der Waals surface area contributed by atoms with Gasteiger partial charge < -0.3 is 25.0 Å². The number of pyridine rings is 1. The highest BCUT2D eigenvalue weighted by atomic mass is 19.1. The third kappa shape index (κ3) is 6.92. The summed E-state index contributed by atoms with van der Waals surface area (Å²) < 4.78 is 26.7. The van der Waals surface area contributed by atoms with Crippen molar-refractivity contribution in [2.24, 2.45) is 0 Å². The van der Waals surface area contributed by atoms with E-state index in [1.807, 2.05) is 60.8 Å². The van der Waals surface area contributed by atoms with Gasteiger partial charge in [0.25, 0.3) is 0 Å². The minimum Gasteiger partial charge on any atom is -0.494 e. The number of halogens is 1. The van der Waals surface area contributed by atoms with Gasteiger partial charge in [-0.25, -0.2) is 8.91 Å². The molecular formula is C33H33FN6O3. The van der Waals surface area contributed by atoms with Gasteiger partial charge in [0, 0.05) is 36.6 Å². The van der Waals surface area contributed by atoms with E-state index >= 15 is 0 Å². The molecule has 1 aliphatic heterocycles. The summed E-state index contributed by atoms with van der Waals surface area (Å²) in [5.74, 6) is 1.38. The van der Waals surface area contributed by atoms with Crippen LogP contribution >= 0.6 is 0 Å². The fourth-order valence-corrected chi connectivity index (χ4v) is 5.11. The summed E-state index contributed by atoms with van der Waals surface area (Å²) in [6.07, 6.45) is 4.29. The van der Waals surface area contributed by atoms with Gasteiger partial charge in [-0.05, 0) is 79.5 Å². The van der Waals surface area contributed by atoms with Crippen molar-refractivity contribution in [2.45, 2.75) is 25.4 Å². The van der Waals surface area contributed by atoms with Crippen molar-refractivity contribution in [3.05, 3.63) is 96.4 Å². The molecule has 1 saturated heterocycles. The molecule has 0 radical (unpaired) electrons. The van der Waals surface area contributed by atoms with E-state index in [1.54, 1.807) is 23.8 Å². The van der Waals surface area contributed by atoms with Gasteiger partial charge in [-0.2, -0.15) is 4.98 Å². The number of ether oxygens (including phenoxy) is 2. The molecule has 43 heavy (non-hydrogen) atoms. The lowest BCUT2D eigenvalue weighted by Crippen LogP contribution is -2.35. The van der Waals surface area contributed by atoms with Gasteiger partial charge in [-0.15, -0.1) is 5.10 Å². The first-order chi connectivity index (χ1) is 20.9. The fourth-order valence-electron chi connectivity index (χ4n) is 5.11. The SMILES string of the molecule is COc1cc(OC2CCN(C)CC2)ccc1Nc1nc2ccc(-c3ccc(NC(=O)Cc4ccc(F)cc4)cc3)cn2n1. The zero-order valence-electron chi connectivity index (χ0n) is 24.1. The minimum absolute atomic E-state index is 0.167. The number of hydrogen-bond acceptors (Lipinski definition) is 7. The van der Waals surface area contributed by atoms with Gasteiger partial charge >= 0.3 is 0 Å². The van der Waals surface area contributed by atoms with Crippen LogP contribution < -0.4 is 20.1 Å². The number of methoxy groups -OCH3 is 1. The van der Waals surface area contributed by atoms with E-state index in [-0.39, 0.29) is 24.2 Å². The number of aromatic nitrogens is 3. The van der Waals surface area contributed by atoms with Crippen molar-refractivity contribution in [1.82, 2.24) is 19.5 Å². The largest absolute Gasteiger partial charge is 0.494 e. The zero-order chi connectivity index (χ0) is 29.8. The van der Waals surface area contributed by atoms with Crippen LogP contribution in [-0.4, -0.2) is 58.8 Å². The fraction of sp³-hybridized carbons (Fsp3) is 0.242. The van der Waals surface area contributed by atoms with E-state index in [0.29, 0.717) is 23.0 Å². The molecule has 2 aromatic heterocycles. The molecule has 3 aromatic carbocycles. The molecule has 9 nitrogen and oxygen atoms in total. The maximum absolute atomic E-state index is 13.1. The first kappa shape index (κ1) is 28.2. The average molecular weight is 581 g/mol. The van der Waals surface area contributed by atoms with E-state index in [0.717, 1.165) is 54.1 Å². The number of amides is 1. The zero-order valence-corrected chi connectivity index (χ0v) is 24.1. The number of piperidine rings is 1. The van der Waals surface area contributed by atoms with Crippen molar-refractivity contribution < 1.29 is 18.7 Å². The van der Waals surface area contributed by atoms with Gasteiger partial charge in [0.1, 0.15) is 23.4 Å². The number of fused-ring (bicyclic) bond motifs is 1. The summed E-state index contributed by atoms with van der Waals surface area (Å²) in [4.78, 5) is 19.3. The van der Waals surface area contributed by atoms with Crippen molar-refractivity contribution in [2.75, 3.05) is 37.9 Å². The van der Waals surface area contributed by atoms with Crippen LogP contribution in [0.1, 0.15) is 18.4 Å². The topological polar surface area (TPSA) is 93.0 Å². The molecule has 3 heterocycles. The Morgan fingerprint density at radius 3 is 2.47 bits per heavy atom. The highest BCUT2D eigenvalue weighted by Crippen LogP contribution is 2.32. The molecule has 0 saturated carbocycles. The number of anilines is 3. The van der Waals surface area contributed by atoms with Crippen LogP contribution in [0.15, 0.2) is 85.1 Å².